The summed E-state index contributed by atoms with van der Waals surface area (Å²) in [5.41, 5.74) is 0.209. The number of aliphatic hydroxyl groups excluding tert-OH is 1. The molecule has 0 aliphatic heterocycles. The van der Waals surface area contributed by atoms with Gasteiger partial charge >= 0.3 is 0 Å². The molecule has 0 amide bonds. The molecule has 1 N–H and O–H groups in total. The summed E-state index contributed by atoms with van der Waals surface area (Å²) in [7, 11) is 0. The van der Waals surface area contributed by atoms with E-state index in [0.29, 0.717) is 17.6 Å². The number of carbonyl (C=O) groups excluding carboxylic acids is 1. The lowest BCUT2D eigenvalue weighted by atomic mass is 9.52. The summed E-state index contributed by atoms with van der Waals surface area (Å²) < 4.78 is 0. The third kappa shape index (κ3) is 1.67. The first-order chi connectivity index (χ1) is 7.38. The first-order valence-corrected chi connectivity index (χ1v) is 7.15. The van der Waals surface area contributed by atoms with Gasteiger partial charge in [-0.3, -0.25) is 4.79 Å². The molecule has 0 aromatic carbocycles. The van der Waals surface area contributed by atoms with Crippen LogP contribution >= 0.6 is 15.9 Å². The van der Waals surface area contributed by atoms with Crippen LogP contribution in [0.4, 0.5) is 0 Å². The van der Waals surface area contributed by atoms with Crippen molar-refractivity contribution in [3.63, 3.8) is 0 Å². The van der Waals surface area contributed by atoms with Crippen LogP contribution in [-0.4, -0.2) is 21.8 Å². The number of alkyl halides is 1. The Morgan fingerprint density at radius 3 is 2.69 bits per heavy atom. The Morgan fingerprint density at radius 2 is 2.06 bits per heavy atom. The van der Waals surface area contributed by atoms with Crippen molar-refractivity contribution in [3.05, 3.63) is 0 Å². The highest BCUT2D eigenvalue weighted by molar-refractivity contribution is 9.10. The van der Waals surface area contributed by atoms with Gasteiger partial charge in [0.25, 0.3) is 0 Å². The second kappa shape index (κ2) is 4.09. The predicted molar refractivity (Wildman–Crippen MR) is 67.5 cm³/mol. The van der Waals surface area contributed by atoms with Gasteiger partial charge in [-0.2, -0.15) is 0 Å². The smallest absolute Gasteiger partial charge is 0.149 e. The molecule has 6 atom stereocenters. The second-order valence-electron chi connectivity index (χ2n) is 5.92. The topological polar surface area (TPSA) is 37.3 Å². The molecule has 2 rings (SSSR count). The van der Waals surface area contributed by atoms with Gasteiger partial charge in [0.05, 0.1) is 10.9 Å². The van der Waals surface area contributed by atoms with E-state index in [4.69, 9.17) is 0 Å². The highest BCUT2D eigenvalue weighted by Crippen LogP contribution is 2.55. The van der Waals surface area contributed by atoms with E-state index in [0.717, 1.165) is 19.3 Å². The van der Waals surface area contributed by atoms with E-state index < -0.39 is 0 Å². The predicted octanol–water partition coefficient (Wildman–Crippen LogP) is 2.77. The number of Topliss-reactive ketones (excluding diaryl/α,β-unsaturated/α-hetero) is 1. The van der Waals surface area contributed by atoms with Crippen LogP contribution in [0.2, 0.25) is 0 Å². The number of halogens is 1. The molecule has 2 fully saturated rings. The molecule has 0 aromatic heterocycles. The normalized spacial score (nSPS) is 53.6. The zero-order valence-corrected chi connectivity index (χ0v) is 11.8. The van der Waals surface area contributed by atoms with Gasteiger partial charge in [0.2, 0.25) is 0 Å². The number of rotatable bonds is 0. The number of fused-ring (bicyclic) bond motifs is 1. The summed E-state index contributed by atoms with van der Waals surface area (Å²) in [6.45, 7) is 6.55. The molecular weight excluding hydrogens is 268 g/mol. The molecule has 3 heteroatoms. The van der Waals surface area contributed by atoms with Crippen molar-refractivity contribution in [2.24, 2.45) is 23.2 Å². The first-order valence-electron chi connectivity index (χ1n) is 6.23. The summed E-state index contributed by atoms with van der Waals surface area (Å²) in [4.78, 5) is 12.1. The Morgan fingerprint density at radius 1 is 1.44 bits per heavy atom. The minimum atomic E-state index is -0.216. The van der Waals surface area contributed by atoms with Crippen LogP contribution in [0.1, 0.15) is 40.0 Å². The Balaban J connectivity index is 2.33. The lowest BCUT2D eigenvalue weighted by Gasteiger charge is -2.54. The Kier molecular flexibility index (Phi) is 3.21. The van der Waals surface area contributed by atoms with E-state index in [1.165, 1.54) is 0 Å². The summed E-state index contributed by atoms with van der Waals surface area (Å²) in [5.74, 6) is 1.19. The van der Waals surface area contributed by atoms with E-state index in [9.17, 15) is 9.90 Å². The number of hydrogen-bond donors (Lipinski definition) is 1. The SMILES string of the molecule is C[C@@H]1[C@@H](C)C(=O)[C@@H](Br)[C@H]2C[C@@H](O)CC[C@@]12C. The van der Waals surface area contributed by atoms with Crippen molar-refractivity contribution in [2.75, 3.05) is 0 Å². The molecule has 0 bridgehead atoms. The molecule has 0 unspecified atom stereocenters. The molecule has 0 saturated heterocycles. The van der Waals surface area contributed by atoms with Crippen molar-refractivity contribution >= 4 is 21.7 Å². The Labute approximate surface area is 106 Å². The number of aliphatic hydroxyl groups is 1. The monoisotopic (exact) mass is 288 g/mol. The number of ketones is 1. The van der Waals surface area contributed by atoms with Crippen LogP contribution in [0, 0.1) is 23.2 Å². The molecule has 2 nitrogen and oxygen atoms in total. The zero-order chi connectivity index (χ0) is 12.1. The van der Waals surface area contributed by atoms with Crippen LogP contribution in [0.3, 0.4) is 0 Å². The van der Waals surface area contributed by atoms with Crippen molar-refractivity contribution in [1.29, 1.82) is 0 Å². The largest absolute Gasteiger partial charge is 0.393 e. The average molecular weight is 289 g/mol. The maximum Gasteiger partial charge on any atom is 0.149 e. The van der Waals surface area contributed by atoms with E-state index in [2.05, 4.69) is 29.8 Å². The fraction of sp³-hybridized carbons (Fsp3) is 0.923. The maximum atomic E-state index is 12.1. The van der Waals surface area contributed by atoms with Gasteiger partial charge in [-0.1, -0.05) is 36.7 Å². The summed E-state index contributed by atoms with van der Waals surface area (Å²) in [5, 5.41) is 9.79. The van der Waals surface area contributed by atoms with Crippen molar-refractivity contribution < 1.29 is 9.90 Å². The van der Waals surface area contributed by atoms with Gasteiger partial charge in [0, 0.05) is 5.92 Å². The summed E-state index contributed by atoms with van der Waals surface area (Å²) in [6.07, 6.45) is 2.49. The molecule has 0 aromatic rings. The lowest BCUT2D eigenvalue weighted by molar-refractivity contribution is -0.137. The lowest BCUT2D eigenvalue weighted by Crippen LogP contribution is -2.55. The van der Waals surface area contributed by atoms with Gasteiger partial charge in [-0.05, 0) is 36.5 Å². The van der Waals surface area contributed by atoms with E-state index >= 15 is 0 Å². The van der Waals surface area contributed by atoms with Crippen LogP contribution in [-0.2, 0) is 4.79 Å². The van der Waals surface area contributed by atoms with Gasteiger partial charge in [-0.25, -0.2) is 0 Å². The summed E-state index contributed by atoms with van der Waals surface area (Å²) in [6, 6.07) is 0. The standard InChI is InChI=1S/C13H21BrO2/c1-7-8(2)13(3)5-4-9(15)6-10(13)11(14)12(7)16/h7-11,15H,4-6H2,1-3H3/t7-,8-,9+,10-,11+,13+/m1/s1. The fourth-order valence-corrected chi connectivity index (χ4v) is 4.87. The van der Waals surface area contributed by atoms with E-state index in [-0.39, 0.29) is 22.3 Å². The Bertz CT molecular complexity index is 304. The molecule has 0 radical (unpaired) electrons. The van der Waals surface area contributed by atoms with E-state index in [1.54, 1.807) is 0 Å². The maximum absolute atomic E-state index is 12.1. The van der Waals surface area contributed by atoms with Crippen molar-refractivity contribution in [3.8, 4) is 0 Å². The van der Waals surface area contributed by atoms with Gasteiger partial charge < -0.3 is 5.11 Å². The molecule has 16 heavy (non-hydrogen) atoms. The molecule has 92 valence electrons. The van der Waals surface area contributed by atoms with Gasteiger partial charge in [-0.15, -0.1) is 0 Å². The fourth-order valence-electron chi connectivity index (χ4n) is 3.63. The first kappa shape index (κ1) is 12.6. The van der Waals surface area contributed by atoms with Crippen molar-refractivity contribution in [2.45, 2.75) is 51.0 Å². The summed E-state index contributed by atoms with van der Waals surface area (Å²) >= 11 is 3.57. The molecule has 0 heterocycles. The van der Waals surface area contributed by atoms with Gasteiger partial charge in [0.1, 0.15) is 5.78 Å². The average Bonchev–Trinajstić information content (AvgIpc) is 2.27. The Hall–Kier alpha value is 0.110. The highest BCUT2D eigenvalue weighted by atomic mass is 79.9. The second-order valence-corrected chi connectivity index (χ2v) is 6.91. The molecular formula is C13H21BrO2. The van der Waals surface area contributed by atoms with Crippen LogP contribution in [0.5, 0.6) is 0 Å². The van der Waals surface area contributed by atoms with Crippen LogP contribution in [0.15, 0.2) is 0 Å². The third-order valence-electron chi connectivity index (χ3n) is 5.25. The quantitative estimate of drug-likeness (QED) is 0.696. The minimum Gasteiger partial charge on any atom is -0.393 e. The van der Waals surface area contributed by atoms with E-state index in [1.807, 2.05) is 6.92 Å². The minimum absolute atomic E-state index is 0.0568. The molecule has 2 aliphatic rings. The zero-order valence-electron chi connectivity index (χ0n) is 10.2. The van der Waals surface area contributed by atoms with Crippen LogP contribution in [0.25, 0.3) is 0 Å². The number of carbonyl (C=O) groups is 1. The number of hydrogen-bond acceptors (Lipinski definition) is 2. The molecule has 2 aliphatic carbocycles. The van der Waals surface area contributed by atoms with Crippen molar-refractivity contribution in [1.82, 2.24) is 0 Å². The molecule has 2 saturated carbocycles. The van der Waals surface area contributed by atoms with Gasteiger partial charge in [0.15, 0.2) is 0 Å². The molecule has 0 spiro atoms. The third-order valence-corrected chi connectivity index (χ3v) is 6.34. The van der Waals surface area contributed by atoms with Crippen LogP contribution < -0.4 is 0 Å². The highest BCUT2D eigenvalue weighted by Gasteiger charge is 2.54.